The van der Waals surface area contributed by atoms with E-state index < -0.39 is 0 Å². The van der Waals surface area contributed by atoms with Crippen molar-refractivity contribution in [1.29, 1.82) is 0 Å². The Morgan fingerprint density at radius 1 is 1.53 bits per heavy atom. The van der Waals surface area contributed by atoms with E-state index in [-0.39, 0.29) is 0 Å². The van der Waals surface area contributed by atoms with Crippen LogP contribution in [0, 0.1) is 19.8 Å². The Kier molecular flexibility index (Phi) is 3.84. The summed E-state index contributed by atoms with van der Waals surface area (Å²) in [6, 6.07) is 0.420. The van der Waals surface area contributed by atoms with Gasteiger partial charge in [-0.15, -0.1) is 0 Å². The Bertz CT molecular complexity index is 355. The lowest BCUT2D eigenvalue weighted by Crippen LogP contribution is -2.27. The minimum atomic E-state index is 0.420. The lowest BCUT2D eigenvalue weighted by atomic mass is 10.1. The van der Waals surface area contributed by atoms with Crippen molar-refractivity contribution >= 4 is 0 Å². The average molecular weight is 237 g/mol. The summed E-state index contributed by atoms with van der Waals surface area (Å²) < 4.78 is 5.26. The number of likely N-dealkylation sites (tertiary alicyclic amines) is 1. The molecule has 96 valence electrons. The second-order valence-electron chi connectivity index (χ2n) is 5.12. The van der Waals surface area contributed by atoms with Gasteiger partial charge in [-0.25, -0.2) is 0 Å². The smallest absolute Gasteiger partial charge is 0.138 e. The first-order valence-electron chi connectivity index (χ1n) is 6.45. The fourth-order valence-corrected chi connectivity index (χ4v) is 2.94. The van der Waals surface area contributed by atoms with Gasteiger partial charge in [0.2, 0.25) is 0 Å². The minimum Gasteiger partial charge on any atom is -0.361 e. The van der Waals surface area contributed by atoms with Gasteiger partial charge in [0.25, 0.3) is 0 Å². The van der Waals surface area contributed by atoms with Crippen LogP contribution in [-0.2, 0) is 0 Å². The molecule has 2 heterocycles. The highest BCUT2D eigenvalue weighted by Gasteiger charge is 2.29. The molecule has 1 aromatic rings. The fourth-order valence-electron chi connectivity index (χ4n) is 2.94. The number of aryl methyl sites for hydroxylation is 2. The molecule has 4 heteroatoms. The molecule has 1 saturated heterocycles. The van der Waals surface area contributed by atoms with Crippen LogP contribution in [0.3, 0.4) is 0 Å². The monoisotopic (exact) mass is 237 g/mol. The quantitative estimate of drug-likeness (QED) is 0.868. The molecule has 1 aliphatic heterocycles. The molecule has 2 rings (SSSR count). The third kappa shape index (κ3) is 2.53. The fraction of sp³-hybridized carbons (Fsp3) is 0.769. The molecule has 2 unspecified atom stereocenters. The first kappa shape index (κ1) is 12.6. The van der Waals surface area contributed by atoms with Gasteiger partial charge in [0, 0.05) is 18.2 Å². The number of hydrogen-bond acceptors (Lipinski definition) is 4. The van der Waals surface area contributed by atoms with Gasteiger partial charge in [-0.3, -0.25) is 4.90 Å². The molecule has 0 aliphatic carbocycles. The summed E-state index contributed by atoms with van der Waals surface area (Å²) >= 11 is 0. The topological polar surface area (TPSA) is 41.3 Å². The number of nitrogens with zero attached hydrogens (tertiary/aromatic N) is 2. The Morgan fingerprint density at radius 2 is 2.29 bits per heavy atom. The highest BCUT2D eigenvalue weighted by Crippen LogP contribution is 2.30. The first-order chi connectivity index (χ1) is 8.13. The molecule has 0 amide bonds. The number of nitrogens with one attached hydrogen (secondary N) is 1. The third-order valence-electron chi connectivity index (χ3n) is 3.86. The highest BCUT2D eigenvalue weighted by molar-refractivity contribution is 5.24. The predicted octanol–water partition coefficient (Wildman–Crippen LogP) is 1.89. The van der Waals surface area contributed by atoms with Crippen molar-refractivity contribution < 1.29 is 4.52 Å². The number of aromatic nitrogens is 1. The predicted molar refractivity (Wildman–Crippen MR) is 68.0 cm³/mol. The van der Waals surface area contributed by atoms with E-state index in [2.05, 4.69) is 22.3 Å². The van der Waals surface area contributed by atoms with Crippen LogP contribution in [0.25, 0.3) is 0 Å². The lowest BCUT2D eigenvalue weighted by Gasteiger charge is -2.24. The maximum atomic E-state index is 5.26. The van der Waals surface area contributed by atoms with Crippen molar-refractivity contribution in [3.05, 3.63) is 17.0 Å². The van der Waals surface area contributed by atoms with E-state index in [4.69, 9.17) is 4.52 Å². The average Bonchev–Trinajstić information content (AvgIpc) is 2.87. The van der Waals surface area contributed by atoms with Gasteiger partial charge < -0.3 is 9.84 Å². The normalized spacial score (nSPS) is 23.2. The molecular weight excluding hydrogens is 214 g/mol. The van der Waals surface area contributed by atoms with E-state index in [0.717, 1.165) is 23.9 Å². The van der Waals surface area contributed by atoms with Gasteiger partial charge in [0.15, 0.2) is 0 Å². The van der Waals surface area contributed by atoms with Crippen LogP contribution in [0.15, 0.2) is 4.52 Å². The van der Waals surface area contributed by atoms with Crippen LogP contribution in [-0.4, -0.2) is 36.7 Å². The molecule has 0 spiro atoms. The Morgan fingerprint density at radius 3 is 2.88 bits per heavy atom. The Labute approximate surface area is 103 Å². The van der Waals surface area contributed by atoms with Crippen molar-refractivity contribution in [3.63, 3.8) is 0 Å². The van der Waals surface area contributed by atoms with Crippen molar-refractivity contribution in [2.75, 3.05) is 26.7 Å². The van der Waals surface area contributed by atoms with Gasteiger partial charge in [0.05, 0.1) is 5.69 Å². The molecule has 17 heavy (non-hydrogen) atoms. The van der Waals surface area contributed by atoms with Gasteiger partial charge >= 0.3 is 0 Å². The van der Waals surface area contributed by atoms with Crippen LogP contribution >= 0.6 is 0 Å². The van der Waals surface area contributed by atoms with E-state index in [1.54, 1.807) is 0 Å². The summed E-state index contributed by atoms with van der Waals surface area (Å²) in [5.74, 6) is 1.75. The zero-order valence-corrected chi connectivity index (χ0v) is 11.3. The van der Waals surface area contributed by atoms with Gasteiger partial charge in [-0.2, -0.15) is 0 Å². The third-order valence-corrected chi connectivity index (χ3v) is 3.86. The van der Waals surface area contributed by atoms with E-state index in [9.17, 15) is 0 Å². The van der Waals surface area contributed by atoms with E-state index in [0.29, 0.717) is 6.04 Å². The largest absolute Gasteiger partial charge is 0.361 e. The minimum absolute atomic E-state index is 0.420. The molecule has 0 radical (unpaired) electrons. The molecule has 1 aromatic heterocycles. The van der Waals surface area contributed by atoms with Crippen LogP contribution in [0.2, 0.25) is 0 Å². The van der Waals surface area contributed by atoms with E-state index in [1.807, 2.05) is 20.9 Å². The van der Waals surface area contributed by atoms with Crippen LogP contribution in [0.1, 0.15) is 36.4 Å². The number of hydrogen-bond donors (Lipinski definition) is 1. The van der Waals surface area contributed by atoms with Crippen LogP contribution < -0.4 is 5.32 Å². The van der Waals surface area contributed by atoms with Crippen molar-refractivity contribution in [3.8, 4) is 0 Å². The Hall–Kier alpha value is -0.870. The molecule has 1 N–H and O–H groups in total. The summed E-state index contributed by atoms with van der Waals surface area (Å²) in [5.41, 5.74) is 2.31. The summed E-state index contributed by atoms with van der Waals surface area (Å²) in [6.07, 6.45) is 1.29. The zero-order valence-electron chi connectivity index (χ0n) is 11.3. The molecule has 0 aromatic carbocycles. The molecule has 2 atom stereocenters. The molecule has 0 saturated carbocycles. The van der Waals surface area contributed by atoms with Crippen molar-refractivity contribution in [1.82, 2.24) is 15.4 Å². The van der Waals surface area contributed by atoms with Crippen molar-refractivity contribution in [2.45, 2.75) is 33.2 Å². The molecule has 1 fully saturated rings. The van der Waals surface area contributed by atoms with Gasteiger partial charge in [-0.05, 0) is 53.2 Å². The maximum Gasteiger partial charge on any atom is 0.138 e. The zero-order chi connectivity index (χ0) is 12.4. The SMILES string of the molecule is CNCC1CCN(C(C)c2c(C)noc2C)C1. The Balaban J connectivity index is 2.04. The van der Waals surface area contributed by atoms with Crippen LogP contribution in [0.5, 0.6) is 0 Å². The summed E-state index contributed by atoms with van der Waals surface area (Å²) in [4.78, 5) is 2.54. The van der Waals surface area contributed by atoms with Crippen molar-refractivity contribution in [2.24, 2.45) is 5.92 Å². The molecular formula is C13H23N3O. The van der Waals surface area contributed by atoms with Gasteiger partial charge in [-0.1, -0.05) is 5.16 Å². The van der Waals surface area contributed by atoms with E-state index >= 15 is 0 Å². The summed E-state index contributed by atoms with van der Waals surface area (Å²) in [7, 11) is 2.03. The second kappa shape index (κ2) is 5.19. The highest BCUT2D eigenvalue weighted by atomic mass is 16.5. The molecule has 1 aliphatic rings. The van der Waals surface area contributed by atoms with Crippen LogP contribution in [0.4, 0.5) is 0 Å². The lowest BCUT2D eigenvalue weighted by molar-refractivity contribution is 0.249. The summed E-state index contributed by atoms with van der Waals surface area (Å²) in [6.45, 7) is 9.76. The molecule has 0 bridgehead atoms. The van der Waals surface area contributed by atoms with Gasteiger partial charge in [0.1, 0.15) is 5.76 Å². The first-order valence-corrected chi connectivity index (χ1v) is 6.45. The molecule has 4 nitrogen and oxygen atoms in total. The second-order valence-corrected chi connectivity index (χ2v) is 5.12. The number of rotatable bonds is 4. The van der Waals surface area contributed by atoms with E-state index in [1.165, 1.54) is 25.1 Å². The standard InChI is InChI=1S/C13H23N3O/c1-9-13(11(3)17-15-9)10(2)16-6-5-12(8-16)7-14-4/h10,12,14H,5-8H2,1-4H3. The summed E-state index contributed by atoms with van der Waals surface area (Å²) in [5, 5.41) is 7.32. The maximum absolute atomic E-state index is 5.26.